The maximum Gasteiger partial charge on any atom is 0.280 e. The first-order chi connectivity index (χ1) is 18.4. The number of hydrogen-bond donors (Lipinski definition) is 1. The fraction of sp³-hybridized carbons (Fsp3) is 0.0345. The zero-order chi connectivity index (χ0) is 26.6. The molecule has 7 nitrogen and oxygen atoms in total. The number of nitrogens with zero attached hydrogens (tertiary/aromatic N) is 2. The molecular formula is C29H20ClN3O4S. The van der Waals surface area contributed by atoms with Crippen LogP contribution < -0.4 is 5.43 Å². The van der Waals surface area contributed by atoms with Crippen LogP contribution in [0.2, 0.25) is 5.02 Å². The Morgan fingerprint density at radius 2 is 1.61 bits per heavy atom. The lowest BCUT2D eigenvalue weighted by atomic mass is 10.0. The summed E-state index contributed by atoms with van der Waals surface area (Å²) in [5, 5.41) is 12.5. The molecule has 0 aromatic heterocycles. The predicted octanol–water partition coefficient (Wildman–Crippen LogP) is 6.88. The summed E-state index contributed by atoms with van der Waals surface area (Å²) in [5.41, 5.74) is 6.23. The van der Waals surface area contributed by atoms with Gasteiger partial charge in [-0.1, -0.05) is 90.1 Å². The molecule has 1 aliphatic rings. The van der Waals surface area contributed by atoms with Gasteiger partial charge in [-0.2, -0.15) is 0 Å². The highest BCUT2D eigenvalue weighted by Gasteiger charge is 2.39. The third kappa shape index (κ3) is 5.46. The van der Waals surface area contributed by atoms with E-state index in [-0.39, 0.29) is 5.69 Å². The van der Waals surface area contributed by atoms with E-state index in [0.29, 0.717) is 21.1 Å². The maximum absolute atomic E-state index is 13.4. The van der Waals surface area contributed by atoms with E-state index in [0.717, 1.165) is 16.7 Å². The van der Waals surface area contributed by atoms with Crippen molar-refractivity contribution in [3.63, 3.8) is 0 Å². The van der Waals surface area contributed by atoms with Crippen molar-refractivity contribution in [1.29, 1.82) is 0 Å². The van der Waals surface area contributed by atoms with Crippen LogP contribution in [0, 0.1) is 10.1 Å². The van der Waals surface area contributed by atoms with E-state index in [1.807, 2.05) is 42.5 Å². The maximum atomic E-state index is 13.4. The van der Waals surface area contributed by atoms with E-state index in [9.17, 15) is 19.7 Å². The van der Waals surface area contributed by atoms with Crippen LogP contribution in [0.3, 0.4) is 0 Å². The normalized spacial score (nSPS) is 16.0. The summed E-state index contributed by atoms with van der Waals surface area (Å²) in [6.45, 7) is 0. The van der Waals surface area contributed by atoms with Gasteiger partial charge in [0.05, 0.1) is 9.83 Å². The Morgan fingerprint density at radius 1 is 0.921 bits per heavy atom. The minimum atomic E-state index is -0.700. The van der Waals surface area contributed by atoms with Crippen LogP contribution in [0.25, 0.3) is 17.2 Å². The van der Waals surface area contributed by atoms with Crippen LogP contribution in [0.15, 0.2) is 108 Å². The highest BCUT2D eigenvalue weighted by atomic mass is 35.5. The van der Waals surface area contributed by atoms with Crippen molar-refractivity contribution in [2.24, 2.45) is 0 Å². The second-order valence-electron chi connectivity index (χ2n) is 8.44. The Hall–Kier alpha value is -4.40. The topological polar surface area (TPSA) is 92.6 Å². The minimum Gasteiger partial charge on any atom is -0.267 e. The van der Waals surface area contributed by atoms with Crippen molar-refractivity contribution in [2.75, 3.05) is 0 Å². The molecule has 0 spiro atoms. The van der Waals surface area contributed by atoms with E-state index >= 15 is 0 Å². The minimum absolute atomic E-state index is 0.103. The first-order valence-electron chi connectivity index (χ1n) is 11.6. The number of nitrogens with one attached hydrogen (secondary N) is 1. The number of nitro groups is 1. The highest BCUT2D eigenvalue weighted by molar-refractivity contribution is 8.04. The molecule has 4 aromatic rings. The number of halogens is 1. The van der Waals surface area contributed by atoms with Crippen molar-refractivity contribution in [1.82, 2.24) is 10.4 Å². The summed E-state index contributed by atoms with van der Waals surface area (Å²) < 4.78 is 0. The molecule has 38 heavy (non-hydrogen) atoms. The number of non-ortho nitro benzene ring substituents is 1. The molecule has 0 aliphatic carbocycles. The Balaban J connectivity index is 1.44. The van der Waals surface area contributed by atoms with Crippen molar-refractivity contribution in [3.8, 4) is 11.1 Å². The molecule has 1 aliphatic heterocycles. The van der Waals surface area contributed by atoms with Gasteiger partial charge in [-0.15, -0.1) is 0 Å². The molecule has 1 saturated heterocycles. The molecule has 0 bridgehead atoms. The lowest BCUT2D eigenvalue weighted by Gasteiger charge is -2.24. The van der Waals surface area contributed by atoms with Crippen molar-refractivity contribution >= 4 is 46.9 Å². The van der Waals surface area contributed by atoms with E-state index in [4.69, 9.17) is 11.6 Å². The smallest absolute Gasteiger partial charge is 0.267 e. The molecule has 2 amide bonds. The number of amides is 2. The molecule has 188 valence electrons. The van der Waals surface area contributed by atoms with Crippen LogP contribution >= 0.6 is 23.4 Å². The summed E-state index contributed by atoms with van der Waals surface area (Å²) in [5.74, 6) is -0.891. The summed E-state index contributed by atoms with van der Waals surface area (Å²) in [6, 6.07) is 29.9. The van der Waals surface area contributed by atoms with Gasteiger partial charge in [-0.05, 0) is 52.6 Å². The molecule has 5 rings (SSSR count). The molecule has 0 radical (unpaired) electrons. The molecule has 9 heteroatoms. The first-order valence-corrected chi connectivity index (χ1v) is 12.8. The summed E-state index contributed by atoms with van der Waals surface area (Å²) >= 11 is 7.18. The van der Waals surface area contributed by atoms with Gasteiger partial charge >= 0.3 is 0 Å². The van der Waals surface area contributed by atoms with Crippen molar-refractivity contribution in [3.05, 3.63) is 140 Å². The third-order valence-electron chi connectivity index (χ3n) is 5.91. The average Bonchev–Trinajstić information content (AvgIpc) is 3.25. The van der Waals surface area contributed by atoms with Gasteiger partial charge in [0.25, 0.3) is 17.5 Å². The Morgan fingerprint density at radius 3 is 2.29 bits per heavy atom. The average molecular weight is 542 g/mol. The molecule has 1 unspecified atom stereocenters. The molecule has 0 saturated carbocycles. The Bertz CT molecular complexity index is 1540. The number of hydrogen-bond acceptors (Lipinski definition) is 5. The van der Waals surface area contributed by atoms with Crippen LogP contribution in [0.4, 0.5) is 5.69 Å². The Kier molecular flexibility index (Phi) is 7.26. The van der Waals surface area contributed by atoms with Gasteiger partial charge in [0, 0.05) is 22.7 Å². The third-order valence-corrected chi connectivity index (χ3v) is 7.42. The number of nitro benzene ring substituents is 1. The van der Waals surface area contributed by atoms with Crippen LogP contribution in [0.5, 0.6) is 0 Å². The first kappa shape index (κ1) is 25.3. The zero-order valence-electron chi connectivity index (χ0n) is 19.8. The van der Waals surface area contributed by atoms with Crippen molar-refractivity contribution in [2.45, 2.75) is 5.37 Å². The number of rotatable bonds is 6. The second-order valence-corrected chi connectivity index (χ2v) is 10.0. The van der Waals surface area contributed by atoms with Gasteiger partial charge in [0.1, 0.15) is 5.37 Å². The molecule has 1 atom stereocenters. The second kappa shape index (κ2) is 10.9. The van der Waals surface area contributed by atoms with Gasteiger partial charge in [0.15, 0.2) is 0 Å². The van der Waals surface area contributed by atoms with Crippen LogP contribution in [-0.4, -0.2) is 21.7 Å². The monoisotopic (exact) mass is 541 g/mol. The zero-order valence-corrected chi connectivity index (χ0v) is 21.4. The molecule has 1 fully saturated rings. The number of benzene rings is 4. The van der Waals surface area contributed by atoms with E-state index in [1.54, 1.807) is 54.6 Å². The molecular weight excluding hydrogens is 522 g/mol. The van der Waals surface area contributed by atoms with E-state index < -0.39 is 22.1 Å². The Labute approximate surface area is 227 Å². The summed E-state index contributed by atoms with van der Waals surface area (Å²) in [7, 11) is 0. The quantitative estimate of drug-likeness (QED) is 0.163. The lowest BCUT2D eigenvalue weighted by Crippen LogP contribution is -2.44. The van der Waals surface area contributed by atoms with Crippen molar-refractivity contribution < 1.29 is 14.5 Å². The molecule has 4 aromatic carbocycles. The lowest BCUT2D eigenvalue weighted by molar-refractivity contribution is -0.384. The number of carbonyl (C=O) groups excluding carboxylic acids is 2. The SMILES string of the molecule is O=C(NN1C(=O)/C(=C/c2ccc(Cl)cc2)SC1c1cccc([N+](=O)[O-])c1)c1ccc(-c2ccccc2)cc1. The van der Waals surface area contributed by atoms with Gasteiger partial charge < -0.3 is 0 Å². The van der Waals surface area contributed by atoms with Gasteiger partial charge in [-0.25, -0.2) is 5.01 Å². The molecule has 1 N–H and O–H groups in total. The van der Waals surface area contributed by atoms with Gasteiger partial charge in [-0.3, -0.25) is 25.1 Å². The van der Waals surface area contributed by atoms with E-state index in [2.05, 4.69) is 5.43 Å². The summed E-state index contributed by atoms with van der Waals surface area (Å²) in [6.07, 6.45) is 1.70. The standard InChI is InChI=1S/C29H20ClN3O4S/c30-24-15-9-19(10-16-24)17-26-28(35)32(29(38-26)23-7-4-8-25(18-23)33(36)37)31-27(34)22-13-11-21(12-14-22)20-5-2-1-3-6-20/h1-18,29H,(H,31,34)/b26-17-. The highest BCUT2D eigenvalue weighted by Crippen LogP contribution is 2.45. The van der Waals surface area contributed by atoms with Gasteiger partial charge in [0.2, 0.25) is 0 Å². The summed E-state index contributed by atoms with van der Waals surface area (Å²) in [4.78, 5) is 37.9. The number of carbonyl (C=O) groups is 2. The van der Waals surface area contributed by atoms with Crippen LogP contribution in [-0.2, 0) is 4.79 Å². The van der Waals surface area contributed by atoms with Crippen LogP contribution in [0.1, 0.15) is 26.9 Å². The molecule has 1 heterocycles. The predicted molar refractivity (Wildman–Crippen MR) is 149 cm³/mol. The fourth-order valence-corrected chi connectivity index (χ4v) is 5.30. The number of hydrazine groups is 1. The fourth-order valence-electron chi connectivity index (χ4n) is 3.99. The number of thioether (sulfide) groups is 1. The largest absolute Gasteiger partial charge is 0.280 e. The van der Waals surface area contributed by atoms with E-state index in [1.165, 1.54) is 28.9 Å².